The summed E-state index contributed by atoms with van der Waals surface area (Å²) < 4.78 is 0. The van der Waals surface area contributed by atoms with Gasteiger partial charge in [-0.05, 0) is 24.6 Å². The maximum absolute atomic E-state index is 10.1. The van der Waals surface area contributed by atoms with Crippen LogP contribution in [0.25, 0.3) is 0 Å². The van der Waals surface area contributed by atoms with E-state index >= 15 is 0 Å². The summed E-state index contributed by atoms with van der Waals surface area (Å²) in [6.45, 7) is 1.89. The second-order valence-corrected chi connectivity index (χ2v) is 2.37. The van der Waals surface area contributed by atoms with Crippen LogP contribution in [0.4, 0.5) is 0 Å². The Morgan fingerprint density at radius 1 is 1.67 bits per heavy atom. The van der Waals surface area contributed by atoms with Gasteiger partial charge in [0.2, 0.25) is 0 Å². The van der Waals surface area contributed by atoms with Crippen molar-refractivity contribution in [2.45, 2.75) is 13.3 Å². The van der Waals surface area contributed by atoms with Crippen molar-refractivity contribution < 1.29 is 61.3 Å². The molecule has 12 heavy (non-hydrogen) atoms. The number of aryl methyl sites for hydroxylation is 1. The summed E-state index contributed by atoms with van der Waals surface area (Å²) in [6.07, 6.45) is 1.48. The van der Waals surface area contributed by atoms with E-state index in [-0.39, 0.29) is 57.8 Å². The molecule has 0 atom stereocenters. The van der Waals surface area contributed by atoms with Gasteiger partial charge in [-0.2, -0.15) is 0 Å². The maximum atomic E-state index is 10.1. The van der Waals surface area contributed by atoms with E-state index in [2.05, 4.69) is 4.98 Å². The zero-order chi connectivity index (χ0) is 8.27. The van der Waals surface area contributed by atoms with E-state index in [1.807, 2.05) is 13.0 Å². The van der Waals surface area contributed by atoms with Gasteiger partial charge in [-0.25, -0.2) is 0 Å². The van der Waals surface area contributed by atoms with Crippen LogP contribution in [0.15, 0.2) is 18.3 Å². The molecular formula is C8H8KNO2. The van der Waals surface area contributed by atoms with Gasteiger partial charge >= 0.3 is 51.4 Å². The van der Waals surface area contributed by atoms with Crippen molar-refractivity contribution in [1.29, 1.82) is 0 Å². The number of nitrogens with zero attached hydrogens (tertiary/aromatic N) is 1. The van der Waals surface area contributed by atoms with Crippen LogP contribution in [0.1, 0.15) is 11.3 Å². The second-order valence-electron chi connectivity index (χ2n) is 2.37. The average molecular weight is 189 g/mol. The fraction of sp³-hybridized carbons (Fsp3) is 0.250. The molecule has 58 valence electrons. The van der Waals surface area contributed by atoms with Crippen LogP contribution in [-0.4, -0.2) is 11.0 Å². The smallest absolute Gasteiger partial charge is 0.550 e. The van der Waals surface area contributed by atoms with E-state index in [4.69, 9.17) is 0 Å². The van der Waals surface area contributed by atoms with Gasteiger partial charge in [0, 0.05) is 24.3 Å². The van der Waals surface area contributed by atoms with Gasteiger partial charge < -0.3 is 9.90 Å². The quantitative estimate of drug-likeness (QED) is 0.458. The number of rotatable bonds is 2. The molecule has 1 rings (SSSR count). The van der Waals surface area contributed by atoms with Gasteiger partial charge in [-0.15, -0.1) is 0 Å². The van der Waals surface area contributed by atoms with Gasteiger partial charge in [0.25, 0.3) is 0 Å². The van der Waals surface area contributed by atoms with Gasteiger partial charge in [0.15, 0.2) is 0 Å². The van der Waals surface area contributed by atoms with Crippen LogP contribution in [0.2, 0.25) is 0 Å². The van der Waals surface area contributed by atoms with Crippen LogP contribution in [-0.2, 0) is 11.2 Å². The Kier molecular flexibility index (Phi) is 5.95. The molecule has 0 spiro atoms. The third-order valence-electron chi connectivity index (χ3n) is 1.30. The van der Waals surface area contributed by atoms with Crippen molar-refractivity contribution in [2.75, 3.05) is 0 Å². The molecule has 0 bridgehead atoms. The molecule has 0 aliphatic rings. The monoisotopic (exact) mass is 189 g/mol. The molecule has 0 radical (unpaired) electrons. The third-order valence-corrected chi connectivity index (χ3v) is 1.30. The minimum absolute atomic E-state index is 0. The Morgan fingerprint density at radius 3 is 2.83 bits per heavy atom. The van der Waals surface area contributed by atoms with Crippen LogP contribution >= 0.6 is 0 Å². The van der Waals surface area contributed by atoms with E-state index in [1.165, 1.54) is 0 Å². The molecule has 4 heteroatoms. The first-order valence-corrected chi connectivity index (χ1v) is 3.30. The number of hydrogen-bond donors (Lipinski definition) is 0. The SMILES string of the molecule is Cc1ccnc(CC(=O)[O-])c1.[K+]. The molecule has 3 nitrogen and oxygen atoms in total. The molecule has 0 aliphatic heterocycles. The molecule has 0 fully saturated rings. The minimum Gasteiger partial charge on any atom is -0.550 e. The first kappa shape index (κ1) is 12.3. The van der Waals surface area contributed by atoms with Crippen molar-refractivity contribution in [3.8, 4) is 0 Å². The third kappa shape index (κ3) is 4.32. The standard InChI is InChI=1S/C8H9NO2.K/c1-6-2-3-9-7(4-6)5-8(10)11;/h2-4H,5H2,1H3,(H,10,11);/q;+1/p-1. The zero-order valence-electron chi connectivity index (χ0n) is 7.20. The summed E-state index contributed by atoms with van der Waals surface area (Å²) in [7, 11) is 0. The van der Waals surface area contributed by atoms with Gasteiger partial charge in [-0.1, -0.05) is 0 Å². The van der Waals surface area contributed by atoms with E-state index < -0.39 is 5.97 Å². The first-order chi connectivity index (χ1) is 5.18. The first-order valence-electron chi connectivity index (χ1n) is 3.30. The molecule has 0 N–H and O–H groups in total. The van der Waals surface area contributed by atoms with Crippen LogP contribution in [0, 0.1) is 6.92 Å². The molecule has 1 aromatic rings. The number of hydrogen-bond acceptors (Lipinski definition) is 3. The molecule has 1 aromatic heterocycles. The van der Waals surface area contributed by atoms with Crippen molar-refractivity contribution in [1.82, 2.24) is 4.98 Å². The molecule has 0 aliphatic carbocycles. The summed E-state index contributed by atoms with van der Waals surface area (Å²) in [4.78, 5) is 14.0. The van der Waals surface area contributed by atoms with E-state index in [1.54, 1.807) is 12.3 Å². The molecule has 1 heterocycles. The molecule has 0 amide bonds. The fourth-order valence-electron chi connectivity index (χ4n) is 0.843. The second kappa shape index (κ2) is 5.83. The number of carboxylic acid groups (broad SMARTS) is 1. The van der Waals surface area contributed by atoms with Crippen molar-refractivity contribution in [2.24, 2.45) is 0 Å². The Balaban J connectivity index is 0.00000121. The van der Waals surface area contributed by atoms with Crippen molar-refractivity contribution >= 4 is 5.97 Å². The molecule has 0 saturated heterocycles. The zero-order valence-corrected chi connectivity index (χ0v) is 10.3. The number of aromatic nitrogens is 1. The normalized spacial score (nSPS) is 8.75. The number of carboxylic acids is 1. The molecule has 0 unspecified atom stereocenters. The van der Waals surface area contributed by atoms with Crippen LogP contribution in [0.3, 0.4) is 0 Å². The Morgan fingerprint density at radius 2 is 2.33 bits per heavy atom. The number of carbonyl (C=O) groups excluding carboxylic acids is 1. The maximum Gasteiger partial charge on any atom is 1.00 e. The Bertz CT molecular complexity index is 276. The predicted molar refractivity (Wildman–Crippen MR) is 37.7 cm³/mol. The summed E-state index contributed by atoms with van der Waals surface area (Å²) in [5, 5.41) is 10.1. The van der Waals surface area contributed by atoms with E-state index in [0.717, 1.165) is 5.56 Å². The fourth-order valence-corrected chi connectivity index (χ4v) is 0.843. The summed E-state index contributed by atoms with van der Waals surface area (Å²) in [6, 6.07) is 3.55. The predicted octanol–water partition coefficient (Wildman–Crippen LogP) is -3.31. The number of aliphatic carboxylic acids is 1. The molecule has 0 saturated carbocycles. The van der Waals surface area contributed by atoms with Gasteiger partial charge in [0.05, 0.1) is 0 Å². The Hall–Kier alpha value is 0.256. The van der Waals surface area contributed by atoms with Gasteiger partial charge in [0.1, 0.15) is 0 Å². The number of carbonyl (C=O) groups is 1. The van der Waals surface area contributed by atoms with Crippen LogP contribution < -0.4 is 56.5 Å². The summed E-state index contributed by atoms with van der Waals surface area (Å²) in [5.41, 5.74) is 1.56. The Labute approximate surface area is 114 Å². The van der Waals surface area contributed by atoms with E-state index in [0.29, 0.717) is 5.69 Å². The van der Waals surface area contributed by atoms with Crippen molar-refractivity contribution in [3.05, 3.63) is 29.6 Å². The summed E-state index contributed by atoms with van der Waals surface area (Å²) >= 11 is 0. The van der Waals surface area contributed by atoms with E-state index in [9.17, 15) is 9.90 Å². The molecule has 0 aromatic carbocycles. The largest absolute Gasteiger partial charge is 1.00 e. The minimum atomic E-state index is -1.09. The summed E-state index contributed by atoms with van der Waals surface area (Å²) in [5.74, 6) is -1.09. The van der Waals surface area contributed by atoms with Crippen LogP contribution in [0.5, 0.6) is 0 Å². The topological polar surface area (TPSA) is 53.0 Å². The average Bonchev–Trinajstić information content (AvgIpc) is 1.85. The molecular weight excluding hydrogens is 181 g/mol. The van der Waals surface area contributed by atoms with Crippen molar-refractivity contribution in [3.63, 3.8) is 0 Å². The number of pyridine rings is 1. The van der Waals surface area contributed by atoms with Gasteiger partial charge in [-0.3, -0.25) is 4.98 Å².